The SMILES string of the molecule is Cn1ccnc1C(Nc1ccc(Br)cc1Cl)c1cccs1. The third-order valence-electron chi connectivity index (χ3n) is 3.18. The van der Waals surface area contributed by atoms with Crippen LogP contribution in [0.2, 0.25) is 5.02 Å². The Labute approximate surface area is 140 Å². The molecule has 0 fully saturated rings. The van der Waals surface area contributed by atoms with Crippen molar-refractivity contribution in [3.63, 3.8) is 0 Å². The molecule has 0 aliphatic carbocycles. The molecule has 0 aliphatic heterocycles. The van der Waals surface area contributed by atoms with Crippen LogP contribution in [0.25, 0.3) is 0 Å². The zero-order valence-electron chi connectivity index (χ0n) is 11.3. The fourth-order valence-corrected chi connectivity index (χ4v) is 3.64. The maximum Gasteiger partial charge on any atom is 0.136 e. The molecule has 2 aromatic heterocycles. The normalized spacial score (nSPS) is 12.3. The van der Waals surface area contributed by atoms with E-state index in [-0.39, 0.29) is 6.04 Å². The molecule has 2 heterocycles. The summed E-state index contributed by atoms with van der Waals surface area (Å²) in [4.78, 5) is 5.67. The molecule has 0 saturated carbocycles. The van der Waals surface area contributed by atoms with E-state index >= 15 is 0 Å². The van der Waals surface area contributed by atoms with Gasteiger partial charge in [-0.3, -0.25) is 0 Å². The molecule has 108 valence electrons. The number of rotatable bonds is 4. The molecule has 0 radical (unpaired) electrons. The van der Waals surface area contributed by atoms with Crippen molar-refractivity contribution < 1.29 is 0 Å². The van der Waals surface area contributed by atoms with E-state index < -0.39 is 0 Å². The number of thiophene rings is 1. The molecule has 1 aromatic carbocycles. The lowest BCUT2D eigenvalue weighted by atomic mass is 10.2. The van der Waals surface area contributed by atoms with E-state index in [0.29, 0.717) is 5.02 Å². The average molecular weight is 383 g/mol. The lowest BCUT2D eigenvalue weighted by molar-refractivity contribution is 0.756. The molecule has 21 heavy (non-hydrogen) atoms. The van der Waals surface area contributed by atoms with Gasteiger partial charge in [0.15, 0.2) is 0 Å². The monoisotopic (exact) mass is 381 g/mol. The summed E-state index contributed by atoms with van der Waals surface area (Å²) in [6.07, 6.45) is 3.75. The first-order valence-corrected chi connectivity index (χ1v) is 8.42. The number of halogens is 2. The minimum atomic E-state index is -0.0244. The van der Waals surface area contributed by atoms with Crippen LogP contribution in [-0.2, 0) is 7.05 Å². The molecule has 3 aromatic rings. The molecule has 3 rings (SSSR count). The first-order valence-electron chi connectivity index (χ1n) is 6.37. The molecule has 3 nitrogen and oxygen atoms in total. The summed E-state index contributed by atoms with van der Waals surface area (Å²) >= 11 is 11.4. The Balaban J connectivity index is 1.99. The fraction of sp³-hybridized carbons (Fsp3) is 0.133. The number of aromatic nitrogens is 2. The summed E-state index contributed by atoms with van der Waals surface area (Å²) in [6, 6.07) is 9.94. The number of nitrogens with one attached hydrogen (secondary N) is 1. The first-order chi connectivity index (χ1) is 10.1. The maximum atomic E-state index is 6.32. The highest BCUT2D eigenvalue weighted by molar-refractivity contribution is 9.10. The standard InChI is InChI=1S/C15H13BrClN3S/c1-20-7-6-18-15(20)14(13-3-2-8-21-13)19-12-5-4-10(16)9-11(12)17/h2-9,14,19H,1H3. The third-order valence-corrected chi connectivity index (χ3v) is 4.92. The molecule has 1 N–H and O–H groups in total. The Kier molecular flexibility index (Phi) is 4.33. The molecule has 0 aliphatic rings. The number of nitrogens with zero attached hydrogens (tertiary/aromatic N) is 2. The molecular weight excluding hydrogens is 370 g/mol. The lowest BCUT2D eigenvalue weighted by Gasteiger charge is -2.19. The summed E-state index contributed by atoms with van der Waals surface area (Å²) < 4.78 is 2.98. The van der Waals surface area contributed by atoms with E-state index in [4.69, 9.17) is 11.6 Å². The second kappa shape index (κ2) is 6.22. The van der Waals surface area contributed by atoms with E-state index in [2.05, 4.69) is 37.7 Å². The third kappa shape index (κ3) is 3.15. The van der Waals surface area contributed by atoms with Crippen LogP contribution >= 0.6 is 38.9 Å². The van der Waals surface area contributed by atoms with Gasteiger partial charge in [-0.15, -0.1) is 11.3 Å². The summed E-state index contributed by atoms with van der Waals surface area (Å²) in [5.74, 6) is 0.955. The van der Waals surface area contributed by atoms with Crippen LogP contribution < -0.4 is 5.32 Å². The van der Waals surface area contributed by atoms with Gasteiger partial charge in [0, 0.05) is 28.8 Å². The second-order valence-electron chi connectivity index (χ2n) is 4.61. The van der Waals surface area contributed by atoms with Crippen molar-refractivity contribution in [2.24, 2.45) is 7.05 Å². The largest absolute Gasteiger partial charge is 0.370 e. The van der Waals surface area contributed by atoms with Crippen LogP contribution in [0.5, 0.6) is 0 Å². The van der Waals surface area contributed by atoms with Crippen molar-refractivity contribution in [1.82, 2.24) is 9.55 Å². The van der Waals surface area contributed by atoms with Crippen LogP contribution in [0, 0.1) is 0 Å². The van der Waals surface area contributed by atoms with Gasteiger partial charge < -0.3 is 9.88 Å². The van der Waals surface area contributed by atoms with Gasteiger partial charge in [0.2, 0.25) is 0 Å². The average Bonchev–Trinajstić information content (AvgIpc) is 3.10. The molecule has 6 heteroatoms. The van der Waals surface area contributed by atoms with Crippen molar-refractivity contribution in [2.75, 3.05) is 5.32 Å². The highest BCUT2D eigenvalue weighted by atomic mass is 79.9. The Morgan fingerprint density at radius 1 is 1.38 bits per heavy atom. The van der Waals surface area contributed by atoms with Gasteiger partial charge in [-0.2, -0.15) is 0 Å². The number of hydrogen-bond donors (Lipinski definition) is 1. The Morgan fingerprint density at radius 3 is 2.86 bits per heavy atom. The molecule has 0 amide bonds. The van der Waals surface area contributed by atoms with Crippen LogP contribution in [0.1, 0.15) is 16.7 Å². The number of imidazole rings is 1. The van der Waals surface area contributed by atoms with Crippen LogP contribution in [0.15, 0.2) is 52.6 Å². The highest BCUT2D eigenvalue weighted by Gasteiger charge is 2.20. The molecule has 1 atom stereocenters. The van der Waals surface area contributed by atoms with Crippen molar-refractivity contribution in [3.05, 3.63) is 68.3 Å². The topological polar surface area (TPSA) is 29.9 Å². The van der Waals surface area contributed by atoms with Gasteiger partial charge in [0.05, 0.1) is 10.7 Å². The van der Waals surface area contributed by atoms with E-state index in [1.54, 1.807) is 17.5 Å². The highest BCUT2D eigenvalue weighted by Crippen LogP contribution is 2.33. The van der Waals surface area contributed by atoms with Gasteiger partial charge >= 0.3 is 0 Å². The zero-order valence-corrected chi connectivity index (χ0v) is 14.4. The van der Waals surface area contributed by atoms with Gasteiger partial charge in [-0.05, 0) is 29.6 Å². The molecular formula is C15H13BrClN3S. The quantitative estimate of drug-likeness (QED) is 0.680. The van der Waals surface area contributed by atoms with Gasteiger partial charge in [0.1, 0.15) is 11.9 Å². The second-order valence-corrected chi connectivity index (χ2v) is 6.92. The van der Waals surface area contributed by atoms with Crippen LogP contribution in [0.3, 0.4) is 0 Å². The molecule has 1 unspecified atom stereocenters. The van der Waals surface area contributed by atoms with Gasteiger partial charge in [-0.1, -0.05) is 33.6 Å². The smallest absolute Gasteiger partial charge is 0.136 e. The number of hydrogen-bond acceptors (Lipinski definition) is 3. The van der Waals surface area contributed by atoms with Crippen molar-refractivity contribution in [2.45, 2.75) is 6.04 Å². The molecule has 0 bridgehead atoms. The van der Waals surface area contributed by atoms with Crippen LogP contribution in [0.4, 0.5) is 5.69 Å². The van der Waals surface area contributed by atoms with Crippen molar-refractivity contribution in [3.8, 4) is 0 Å². The zero-order chi connectivity index (χ0) is 14.8. The predicted molar refractivity (Wildman–Crippen MR) is 92.1 cm³/mol. The minimum Gasteiger partial charge on any atom is -0.370 e. The lowest BCUT2D eigenvalue weighted by Crippen LogP contribution is -2.15. The Bertz CT molecular complexity index is 739. The Hall–Kier alpha value is -1.30. The van der Waals surface area contributed by atoms with E-state index in [0.717, 1.165) is 16.0 Å². The summed E-state index contributed by atoms with van der Waals surface area (Å²) in [7, 11) is 1.99. The minimum absolute atomic E-state index is 0.0244. The predicted octanol–water partition coefficient (Wildman–Crippen LogP) is 5.10. The summed E-state index contributed by atoms with van der Waals surface area (Å²) in [5.41, 5.74) is 0.890. The first kappa shape index (κ1) is 14.6. The maximum absolute atomic E-state index is 6.32. The van der Waals surface area contributed by atoms with Gasteiger partial charge in [0.25, 0.3) is 0 Å². The molecule has 0 saturated heterocycles. The number of benzene rings is 1. The Morgan fingerprint density at radius 2 is 2.24 bits per heavy atom. The number of aryl methyl sites for hydroxylation is 1. The van der Waals surface area contributed by atoms with E-state index in [1.807, 2.05) is 42.1 Å². The van der Waals surface area contributed by atoms with Crippen molar-refractivity contribution >= 4 is 44.6 Å². The summed E-state index contributed by atoms with van der Waals surface area (Å²) in [6.45, 7) is 0. The van der Waals surface area contributed by atoms with E-state index in [1.165, 1.54) is 4.88 Å². The van der Waals surface area contributed by atoms with E-state index in [9.17, 15) is 0 Å². The van der Waals surface area contributed by atoms with Crippen molar-refractivity contribution in [1.29, 1.82) is 0 Å². The molecule has 0 spiro atoms. The van der Waals surface area contributed by atoms with Gasteiger partial charge in [-0.25, -0.2) is 4.98 Å². The van der Waals surface area contributed by atoms with Crippen LogP contribution in [-0.4, -0.2) is 9.55 Å². The number of anilines is 1. The summed E-state index contributed by atoms with van der Waals surface area (Å²) in [5, 5.41) is 6.24. The fourth-order valence-electron chi connectivity index (χ4n) is 2.14.